The van der Waals surface area contributed by atoms with Crippen LogP contribution in [0.15, 0.2) is 29.2 Å². The Kier molecular flexibility index (Phi) is 5.86. The Morgan fingerprint density at radius 3 is 3.00 bits per heavy atom. The van der Waals surface area contributed by atoms with Gasteiger partial charge in [-0.1, -0.05) is 12.1 Å². The standard InChI is InChI=1S/C15H20FNO2S/c16-13-5-1-2-6-14(13)20-9-7-15(19)17-8-3-4-12(10-17)11-18/h1-2,5-6,12,18H,3-4,7-11H2. The molecule has 20 heavy (non-hydrogen) atoms. The van der Waals surface area contributed by atoms with Crippen molar-refractivity contribution in [2.24, 2.45) is 5.92 Å². The van der Waals surface area contributed by atoms with Gasteiger partial charge in [0.15, 0.2) is 0 Å². The SMILES string of the molecule is O=C(CCSc1ccccc1F)N1CCCC(CO)C1. The highest BCUT2D eigenvalue weighted by atomic mass is 32.2. The first kappa shape index (κ1) is 15.3. The van der Waals surface area contributed by atoms with E-state index in [1.807, 2.05) is 4.90 Å². The molecule has 1 unspecified atom stereocenters. The number of nitrogens with zero attached hydrogens (tertiary/aromatic N) is 1. The Hall–Kier alpha value is -1.07. The summed E-state index contributed by atoms with van der Waals surface area (Å²) < 4.78 is 13.4. The Morgan fingerprint density at radius 2 is 2.25 bits per heavy atom. The number of benzene rings is 1. The van der Waals surface area contributed by atoms with Crippen LogP contribution in [0.25, 0.3) is 0 Å². The molecule has 1 N–H and O–H groups in total. The van der Waals surface area contributed by atoms with Crippen molar-refractivity contribution < 1.29 is 14.3 Å². The van der Waals surface area contributed by atoms with E-state index in [2.05, 4.69) is 0 Å². The minimum absolute atomic E-state index is 0.104. The predicted octanol–water partition coefficient (Wildman–Crippen LogP) is 2.54. The van der Waals surface area contributed by atoms with E-state index < -0.39 is 0 Å². The van der Waals surface area contributed by atoms with Crippen molar-refractivity contribution in [1.29, 1.82) is 0 Å². The molecule has 1 atom stereocenters. The molecule has 0 aliphatic carbocycles. The van der Waals surface area contributed by atoms with Gasteiger partial charge in [0.1, 0.15) is 5.82 Å². The van der Waals surface area contributed by atoms with Crippen LogP contribution >= 0.6 is 11.8 Å². The van der Waals surface area contributed by atoms with E-state index in [4.69, 9.17) is 5.11 Å². The van der Waals surface area contributed by atoms with Crippen molar-refractivity contribution >= 4 is 17.7 Å². The molecular weight excluding hydrogens is 277 g/mol. The van der Waals surface area contributed by atoms with E-state index in [0.717, 1.165) is 19.4 Å². The molecule has 0 radical (unpaired) electrons. The average Bonchev–Trinajstić information content (AvgIpc) is 2.49. The molecule has 110 valence electrons. The zero-order valence-corrected chi connectivity index (χ0v) is 12.2. The monoisotopic (exact) mass is 297 g/mol. The number of carbonyl (C=O) groups is 1. The third-order valence-electron chi connectivity index (χ3n) is 3.54. The summed E-state index contributed by atoms with van der Waals surface area (Å²) in [6.45, 7) is 1.58. The fourth-order valence-corrected chi connectivity index (χ4v) is 3.29. The van der Waals surface area contributed by atoms with Gasteiger partial charge >= 0.3 is 0 Å². The van der Waals surface area contributed by atoms with Crippen LogP contribution in [-0.2, 0) is 4.79 Å². The van der Waals surface area contributed by atoms with Gasteiger partial charge < -0.3 is 10.0 Å². The Balaban J connectivity index is 1.76. The molecule has 2 rings (SSSR count). The third-order valence-corrected chi connectivity index (χ3v) is 4.59. The van der Waals surface area contributed by atoms with Gasteiger partial charge in [0, 0.05) is 36.8 Å². The number of piperidine rings is 1. The highest BCUT2D eigenvalue weighted by molar-refractivity contribution is 7.99. The molecule has 1 aliphatic rings. The molecule has 1 fully saturated rings. The van der Waals surface area contributed by atoms with Crippen LogP contribution in [0.2, 0.25) is 0 Å². The summed E-state index contributed by atoms with van der Waals surface area (Å²) in [5.41, 5.74) is 0. The first-order valence-electron chi connectivity index (χ1n) is 6.96. The molecule has 1 aliphatic heterocycles. The van der Waals surface area contributed by atoms with Gasteiger partial charge in [-0.25, -0.2) is 4.39 Å². The molecule has 1 heterocycles. The van der Waals surface area contributed by atoms with Crippen LogP contribution in [0.3, 0.4) is 0 Å². The normalized spacial score (nSPS) is 19.1. The maximum atomic E-state index is 13.4. The third kappa shape index (κ3) is 4.21. The Bertz CT molecular complexity index is 455. The van der Waals surface area contributed by atoms with Crippen LogP contribution in [0, 0.1) is 11.7 Å². The highest BCUT2D eigenvalue weighted by Crippen LogP contribution is 2.23. The maximum Gasteiger partial charge on any atom is 0.223 e. The smallest absolute Gasteiger partial charge is 0.223 e. The zero-order chi connectivity index (χ0) is 14.4. The van der Waals surface area contributed by atoms with Crippen LogP contribution in [0.4, 0.5) is 4.39 Å². The molecule has 1 amide bonds. The van der Waals surface area contributed by atoms with E-state index in [9.17, 15) is 9.18 Å². The first-order valence-corrected chi connectivity index (χ1v) is 7.95. The van der Waals surface area contributed by atoms with Crippen molar-refractivity contribution in [3.63, 3.8) is 0 Å². The Morgan fingerprint density at radius 1 is 1.45 bits per heavy atom. The van der Waals surface area contributed by atoms with Crippen molar-refractivity contribution in [3.8, 4) is 0 Å². The summed E-state index contributed by atoms with van der Waals surface area (Å²) >= 11 is 1.37. The van der Waals surface area contributed by atoms with Crippen molar-refractivity contribution in [1.82, 2.24) is 4.90 Å². The van der Waals surface area contributed by atoms with E-state index in [1.54, 1.807) is 18.2 Å². The molecule has 0 spiro atoms. The number of amides is 1. The number of halogens is 1. The van der Waals surface area contributed by atoms with Crippen molar-refractivity contribution in [3.05, 3.63) is 30.1 Å². The lowest BCUT2D eigenvalue weighted by molar-refractivity contribution is -0.132. The van der Waals surface area contributed by atoms with Crippen molar-refractivity contribution in [2.45, 2.75) is 24.2 Å². The number of likely N-dealkylation sites (tertiary alicyclic amines) is 1. The van der Waals surface area contributed by atoms with Gasteiger partial charge in [0.05, 0.1) is 0 Å². The van der Waals surface area contributed by atoms with Crippen LogP contribution < -0.4 is 0 Å². The van der Waals surface area contributed by atoms with Crippen molar-refractivity contribution in [2.75, 3.05) is 25.4 Å². The number of carbonyl (C=O) groups excluding carboxylic acids is 1. The number of thioether (sulfide) groups is 1. The minimum atomic E-state index is -0.233. The summed E-state index contributed by atoms with van der Waals surface area (Å²) in [7, 11) is 0. The second-order valence-electron chi connectivity index (χ2n) is 5.06. The largest absolute Gasteiger partial charge is 0.396 e. The number of hydrogen-bond acceptors (Lipinski definition) is 3. The number of aliphatic hydroxyl groups excluding tert-OH is 1. The van der Waals surface area contributed by atoms with E-state index >= 15 is 0 Å². The molecule has 1 aromatic rings. The number of hydrogen-bond donors (Lipinski definition) is 1. The molecular formula is C15H20FNO2S. The molecule has 0 saturated carbocycles. The lowest BCUT2D eigenvalue weighted by Gasteiger charge is -2.31. The summed E-state index contributed by atoms with van der Waals surface area (Å²) in [6.07, 6.45) is 2.36. The van der Waals surface area contributed by atoms with Gasteiger partial charge in [-0.05, 0) is 30.9 Å². The second-order valence-corrected chi connectivity index (χ2v) is 6.20. The van der Waals surface area contributed by atoms with Crippen LogP contribution in [-0.4, -0.2) is 41.4 Å². The van der Waals surface area contributed by atoms with Crippen LogP contribution in [0.1, 0.15) is 19.3 Å². The van der Waals surface area contributed by atoms with E-state index in [0.29, 0.717) is 23.6 Å². The maximum absolute atomic E-state index is 13.4. The fourth-order valence-electron chi connectivity index (χ4n) is 2.41. The average molecular weight is 297 g/mol. The molecule has 5 heteroatoms. The quantitative estimate of drug-likeness (QED) is 0.849. The van der Waals surface area contributed by atoms with E-state index in [-0.39, 0.29) is 24.2 Å². The molecule has 0 bridgehead atoms. The topological polar surface area (TPSA) is 40.5 Å². The highest BCUT2D eigenvalue weighted by Gasteiger charge is 2.22. The Labute approximate surface area is 123 Å². The summed E-state index contributed by atoms with van der Waals surface area (Å²) in [5, 5.41) is 9.16. The lowest BCUT2D eigenvalue weighted by atomic mass is 9.99. The number of rotatable bonds is 5. The zero-order valence-electron chi connectivity index (χ0n) is 11.4. The van der Waals surface area contributed by atoms with Crippen LogP contribution in [0.5, 0.6) is 0 Å². The fraction of sp³-hybridized carbons (Fsp3) is 0.533. The summed E-state index contributed by atoms with van der Waals surface area (Å²) in [5.74, 6) is 0.669. The van der Waals surface area contributed by atoms with Gasteiger partial charge in [-0.2, -0.15) is 0 Å². The molecule has 0 aromatic heterocycles. The van der Waals surface area contributed by atoms with Gasteiger partial charge in [-0.15, -0.1) is 11.8 Å². The summed E-state index contributed by atoms with van der Waals surface area (Å²) in [6, 6.07) is 6.62. The number of aliphatic hydroxyl groups is 1. The van der Waals surface area contributed by atoms with Gasteiger partial charge in [-0.3, -0.25) is 4.79 Å². The molecule has 3 nitrogen and oxygen atoms in total. The molecule has 1 aromatic carbocycles. The van der Waals surface area contributed by atoms with E-state index in [1.165, 1.54) is 17.8 Å². The first-order chi connectivity index (χ1) is 9.70. The minimum Gasteiger partial charge on any atom is -0.396 e. The lowest BCUT2D eigenvalue weighted by Crippen LogP contribution is -2.41. The summed E-state index contributed by atoms with van der Waals surface area (Å²) in [4.78, 5) is 14.5. The predicted molar refractivity (Wildman–Crippen MR) is 78.1 cm³/mol. The van der Waals surface area contributed by atoms with Gasteiger partial charge in [0.2, 0.25) is 5.91 Å². The second kappa shape index (κ2) is 7.64. The van der Waals surface area contributed by atoms with Gasteiger partial charge in [0.25, 0.3) is 0 Å². The molecule has 1 saturated heterocycles.